The van der Waals surface area contributed by atoms with Crippen molar-refractivity contribution in [2.75, 3.05) is 5.75 Å². The first-order valence-electron chi connectivity index (χ1n) is 7.74. The van der Waals surface area contributed by atoms with Crippen molar-refractivity contribution >= 4 is 17.7 Å². The summed E-state index contributed by atoms with van der Waals surface area (Å²) in [7, 11) is 0. The third-order valence-electron chi connectivity index (χ3n) is 4.26. The second-order valence-corrected chi connectivity index (χ2v) is 6.85. The zero-order valence-corrected chi connectivity index (χ0v) is 12.9. The summed E-state index contributed by atoms with van der Waals surface area (Å²) >= 11 is 1.55. The van der Waals surface area contributed by atoms with Gasteiger partial charge >= 0.3 is 0 Å². The number of carbonyl (C=O) groups excluding carboxylic acids is 1. The minimum Gasteiger partial charge on any atom is -0.353 e. The maximum Gasteiger partial charge on any atom is 0.254 e. The van der Waals surface area contributed by atoms with Crippen LogP contribution < -0.4 is 10.9 Å². The molecule has 1 N–H and O–H groups in total. The van der Waals surface area contributed by atoms with Crippen LogP contribution in [0.2, 0.25) is 0 Å². The molecule has 1 fully saturated rings. The molecule has 1 aliphatic heterocycles. The van der Waals surface area contributed by atoms with Gasteiger partial charge in [-0.05, 0) is 12.8 Å². The number of nitrogens with one attached hydrogen (secondary N) is 1. The number of hydrogen-bond donors (Lipinski definition) is 1. The number of thioether (sulfide) groups is 1. The highest BCUT2D eigenvalue weighted by molar-refractivity contribution is 7.99. The monoisotopic (exact) mass is 307 g/mol. The minimum absolute atomic E-state index is 0.0581. The first-order valence-corrected chi connectivity index (χ1v) is 8.72. The average molecular weight is 307 g/mol. The van der Waals surface area contributed by atoms with E-state index in [4.69, 9.17) is 0 Å². The van der Waals surface area contributed by atoms with Crippen LogP contribution in [0.4, 0.5) is 0 Å². The lowest BCUT2D eigenvalue weighted by molar-refractivity contribution is -0.122. The Morgan fingerprint density at radius 3 is 2.86 bits per heavy atom. The fourth-order valence-corrected chi connectivity index (χ4v) is 4.29. The molecule has 0 aromatic carbocycles. The van der Waals surface area contributed by atoms with Crippen LogP contribution >= 0.6 is 11.8 Å². The molecule has 1 aliphatic carbocycles. The Kier molecular flexibility index (Phi) is 4.63. The Balaban J connectivity index is 1.60. The Hall–Kier alpha value is -1.30. The van der Waals surface area contributed by atoms with Gasteiger partial charge in [-0.2, -0.15) is 0 Å². The van der Waals surface area contributed by atoms with Crippen molar-refractivity contribution < 1.29 is 4.79 Å². The number of hydrogen-bond acceptors (Lipinski definition) is 4. The highest BCUT2D eigenvalue weighted by Crippen LogP contribution is 2.31. The van der Waals surface area contributed by atoms with Crippen molar-refractivity contribution in [3.8, 4) is 0 Å². The van der Waals surface area contributed by atoms with E-state index in [1.54, 1.807) is 16.3 Å². The van der Waals surface area contributed by atoms with E-state index in [-0.39, 0.29) is 17.5 Å². The lowest BCUT2D eigenvalue weighted by atomic mass is 10.1. The molecule has 0 bridgehead atoms. The lowest BCUT2D eigenvalue weighted by Gasteiger charge is -2.18. The van der Waals surface area contributed by atoms with Crippen LogP contribution in [-0.2, 0) is 4.79 Å². The molecule has 2 aliphatic rings. The molecule has 1 saturated carbocycles. The van der Waals surface area contributed by atoms with Gasteiger partial charge in [0.1, 0.15) is 0 Å². The van der Waals surface area contributed by atoms with Crippen LogP contribution in [0.1, 0.15) is 51.0 Å². The Morgan fingerprint density at radius 1 is 1.33 bits per heavy atom. The molecule has 3 rings (SSSR count). The van der Waals surface area contributed by atoms with E-state index < -0.39 is 0 Å². The number of aromatic nitrogens is 2. The SMILES string of the molecule is O=C(CC1CSc2nccc(=O)n21)NC1CCCCCC1. The van der Waals surface area contributed by atoms with Crippen molar-refractivity contribution in [3.05, 3.63) is 22.6 Å². The van der Waals surface area contributed by atoms with E-state index in [9.17, 15) is 9.59 Å². The molecule has 0 radical (unpaired) electrons. The van der Waals surface area contributed by atoms with Gasteiger partial charge in [-0.1, -0.05) is 37.4 Å². The molecule has 21 heavy (non-hydrogen) atoms. The molecule has 1 atom stereocenters. The van der Waals surface area contributed by atoms with Gasteiger partial charge in [0.2, 0.25) is 5.91 Å². The summed E-state index contributed by atoms with van der Waals surface area (Å²) in [5.41, 5.74) is -0.0581. The van der Waals surface area contributed by atoms with Crippen LogP contribution in [0.25, 0.3) is 0 Å². The summed E-state index contributed by atoms with van der Waals surface area (Å²) in [5, 5.41) is 3.88. The molecule has 114 valence electrons. The van der Waals surface area contributed by atoms with E-state index in [0.717, 1.165) is 23.8 Å². The lowest BCUT2D eigenvalue weighted by Crippen LogP contribution is -2.36. The Morgan fingerprint density at radius 2 is 2.10 bits per heavy atom. The van der Waals surface area contributed by atoms with E-state index in [1.165, 1.54) is 37.9 Å². The van der Waals surface area contributed by atoms with Gasteiger partial charge in [-0.25, -0.2) is 4.98 Å². The maximum absolute atomic E-state index is 12.2. The van der Waals surface area contributed by atoms with Crippen molar-refractivity contribution in [3.63, 3.8) is 0 Å². The summed E-state index contributed by atoms with van der Waals surface area (Å²) in [6, 6.07) is 1.72. The van der Waals surface area contributed by atoms with Gasteiger partial charge in [0.25, 0.3) is 5.56 Å². The van der Waals surface area contributed by atoms with Crippen molar-refractivity contribution in [2.24, 2.45) is 0 Å². The van der Waals surface area contributed by atoms with Gasteiger partial charge in [-0.15, -0.1) is 0 Å². The fourth-order valence-electron chi connectivity index (χ4n) is 3.16. The number of rotatable bonds is 3. The van der Waals surface area contributed by atoms with Crippen LogP contribution in [0.3, 0.4) is 0 Å². The summed E-state index contributed by atoms with van der Waals surface area (Å²) in [6.45, 7) is 0. The molecule has 0 saturated heterocycles. The Bertz CT molecular complexity index is 564. The first-order chi connectivity index (χ1) is 10.2. The standard InChI is InChI=1S/C15H21N3O2S/c19-13(17-11-5-3-1-2-4-6-11)9-12-10-21-15-16-8-7-14(20)18(12)15/h7-8,11-12H,1-6,9-10H2,(H,17,19). The highest BCUT2D eigenvalue weighted by Gasteiger charge is 2.27. The topological polar surface area (TPSA) is 64.0 Å². The van der Waals surface area contributed by atoms with E-state index in [2.05, 4.69) is 10.3 Å². The molecule has 0 spiro atoms. The van der Waals surface area contributed by atoms with Crippen molar-refractivity contribution in [2.45, 2.75) is 62.2 Å². The van der Waals surface area contributed by atoms with Crippen molar-refractivity contribution in [1.82, 2.24) is 14.9 Å². The van der Waals surface area contributed by atoms with Gasteiger partial charge in [0.05, 0.1) is 6.04 Å². The van der Waals surface area contributed by atoms with Crippen LogP contribution in [-0.4, -0.2) is 27.3 Å². The van der Waals surface area contributed by atoms with Crippen LogP contribution in [0, 0.1) is 0 Å². The molecule has 1 aromatic heterocycles. The van der Waals surface area contributed by atoms with Gasteiger partial charge in [0.15, 0.2) is 5.16 Å². The smallest absolute Gasteiger partial charge is 0.254 e. The highest BCUT2D eigenvalue weighted by atomic mass is 32.2. The summed E-state index contributed by atoms with van der Waals surface area (Å²) in [4.78, 5) is 28.4. The quantitative estimate of drug-likeness (QED) is 0.686. The Labute approximate surface area is 128 Å². The van der Waals surface area contributed by atoms with E-state index in [1.807, 2.05) is 0 Å². The predicted octanol–water partition coefficient (Wildman–Crippen LogP) is 2.12. The largest absolute Gasteiger partial charge is 0.353 e. The summed E-state index contributed by atoms with van der Waals surface area (Å²) in [6.07, 6.45) is 9.05. The molecule has 1 unspecified atom stereocenters. The second-order valence-electron chi connectivity index (χ2n) is 5.86. The maximum atomic E-state index is 12.2. The zero-order valence-electron chi connectivity index (χ0n) is 12.1. The summed E-state index contributed by atoms with van der Waals surface area (Å²) in [5.74, 6) is 0.820. The third kappa shape index (κ3) is 3.48. The molecule has 5 nitrogen and oxygen atoms in total. The molecular formula is C15H21N3O2S. The normalized spacial score (nSPS) is 22.6. The zero-order chi connectivity index (χ0) is 14.7. The van der Waals surface area contributed by atoms with Crippen LogP contribution in [0.15, 0.2) is 22.2 Å². The molecule has 6 heteroatoms. The molecular weight excluding hydrogens is 286 g/mol. The molecule has 2 heterocycles. The number of amides is 1. The number of nitrogens with zero attached hydrogens (tertiary/aromatic N) is 2. The predicted molar refractivity (Wildman–Crippen MR) is 82.5 cm³/mol. The second kappa shape index (κ2) is 6.64. The van der Waals surface area contributed by atoms with Gasteiger partial charge in [0, 0.05) is 30.5 Å². The van der Waals surface area contributed by atoms with E-state index >= 15 is 0 Å². The first kappa shape index (κ1) is 14.6. The summed E-state index contributed by atoms with van der Waals surface area (Å²) < 4.78 is 1.66. The number of fused-ring (bicyclic) bond motifs is 1. The van der Waals surface area contributed by atoms with Crippen molar-refractivity contribution in [1.29, 1.82) is 0 Å². The molecule has 1 aromatic rings. The fraction of sp³-hybridized carbons (Fsp3) is 0.667. The van der Waals surface area contributed by atoms with Gasteiger partial charge in [-0.3, -0.25) is 14.2 Å². The average Bonchev–Trinajstić information content (AvgIpc) is 2.69. The molecule has 1 amide bonds. The minimum atomic E-state index is -0.0584. The number of carbonyl (C=O) groups is 1. The van der Waals surface area contributed by atoms with Gasteiger partial charge < -0.3 is 5.32 Å². The third-order valence-corrected chi connectivity index (χ3v) is 5.37. The van der Waals surface area contributed by atoms with E-state index in [0.29, 0.717) is 12.5 Å². The van der Waals surface area contributed by atoms with Crippen LogP contribution in [0.5, 0.6) is 0 Å².